The summed E-state index contributed by atoms with van der Waals surface area (Å²) in [7, 11) is 0. The Kier molecular flexibility index (Phi) is 3.36. The molecule has 1 aromatic rings. The summed E-state index contributed by atoms with van der Waals surface area (Å²) in [5.74, 6) is -1.40. The van der Waals surface area contributed by atoms with Gasteiger partial charge in [-0.2, -0.15) is 0 Å². The van der Waals surface area contributed by atoms with Gasteiger partial charge in [0.05, 0.1) is 5.56 Å². The predicted molar refractivity (Wildman–Crippen MR) is 50.5 cm³/mol. The third-order valence-corrected chi connectivity index (χ3v) is 1.57. The van der Waals surface area contributed by atoms with Crippen molar-refractivity contribution >= 4 is 11.9 Å². The van der Waals surface area contributed by atoms with Gasteiger partial charge in [-0.3, -0.25) is 0 Å². The zero-order valence-electron chi connectivity index (χ0n) is 7.77. The molecular formula is C10H11NO3. The molecule has 4 heteroatoms. The van der Waals surface area contributed by atoms with E-state index in [1.54, 1.807) is 30.3 Å². The number of rotatable bonds is 2. The topological polar surface area (TPSA) is 69.4 Å². The fourth-order valence-corrected chi connectivity index (χ4v) is 0.817. The monoisotopic (exact) mass is 193 g/mol. The molecule has 1 rings (SSSR count). The molecule has 1 aromatic carbocycles. The first-order valence-corrected chi connectivity index (χ1v) is 4.18. The van der Waals surface area contributed by atoms with Crippen LogP contribution in [-0.2, 0) is 9.53 Å². The van der Waals surface area contributed by atoms with Gasteiger partial charge in [-0.1, -0.05) is 18.2 Å². The summed E-state index contributed by atoms with van der Waals surface area (Å²) in [4.78, 5) is 22.2. The molecule has 2 N–H and O–H groups in total. The lowest BCUT2D eigenvalue weighted by Crippen LogP contribution is -2.30. The molecule has 1 atom stereocenters. The van der Waals surface area contributed by atoms with E-state index >= 15 is 0 Å². The quantitative estimate of drug-likeness (QED) is 0.555. The minimum Gasteiger partial charge on any atom is -0.388 e. The van der Waals surface area contributed by atoms with Gasteiger partial charge >= 0.3 is 11.9 Å². The maximum Gasteiger partial charge on any atom is 0.345 e. The van der Waals surface area contributed by atoms with Crippen LogP contribution in [0.2, 0.25) is 0 Å². The van der Waals surface area contributed by atoms with Gasteiger partial charge in [-0.05, 0) is 19.1 Å². The van der Waals surface area contributed by atoms with Crippen LogP contribution < -0.4 is 5.73 Å². The van der Waals surface area contributed by atoms with Crippen molar-refractivity contribution in [3.63, 3.8) is 0 Å². The van der Waals surface area contributed by atoms with Crippen LogP contribution in [-0.4, -0.2) is 18.0 Å². The van der Waals surface area contributed by atoms with E-state index in [1.165, 1.54) is 6.92 Å². The number of benzene rings is 1. The smallest absolute Gasteiger partial charge is 0.345 e. The van der Waals surface area contributed by atoms with Crippen LogP contribution in [0.5, 0.6) is 0 Å². The first-order chi connectivity index (χ1) is 6.61. The van der Waals surface area contributed by atoms with Crippen LogP contribution in [0.1, 0.15) is 17.3 Å². The summed E-state index contributed by atoms with van der Waals surface area (Å²) in [5.41, 5.74) is 5.57. The number of hydrogen-bond donors (Lipinski definition) is 1. The number of esters is 2. The minimum absolute atomic E-state index is 0.335. The fourth-order valence-electron chi connectivity index (χ4n) is 0.817. The SMILES string of the molecule is CC(N)C(=O)OC(=O)c1ccccc1. The van der Waals surface area contributed by atoms with E-state index in [-0.39, 0.29) is 0 Å². The van der Waals surface area contributed by atoms with E-state index < -0.39 is 18.0 Å². The molecule has 74 valence electrons. The Hall–Kier alpha value is -1.68. The van der Waals surface area contributed by atoms with Gasteiger partial charge in [-0.25, -0.2) is 9.59 Å². The maximum absolute atomic E-state index is 11.3. The Labute approximate surface area is 81.7 Å². The Morgan fingerprint density at radius 1 is 1.29 bits per heavy atom. The summed E-state index contributed by atoms with van der Waals surface area (Å²) >= 11 is 0. The Balaban J connectivity index is 2.65. The highest BCUT2D eigenvalue weighted by molar-refractivity contribution is 5.97. The van der Waals surface area contributed by atoms with Gasteiger partial charge in [-0.15, -0.1) is 0 Å². The number of carbonyl (C=O) groups is 2. The van der Waals surface area contributed by atoms with Crippen LogP contribution in [0, 0.1) is 0 Å². The summed E-state index contributed by atoms with van der Waals surface area (Å²) in [5, 5.41) is 0. The van der Waals surface area contributed by atoms with Crippen molar-refractivity contribution in [3.8, 4) is 0 Å². The Bertz CT molecular complexity index is 332. The Morgan fingerprint density at radius 2 is 1.86 bits per heavy atom. The van der Waals surface area contributed by atoms with Crippen molar-refractivity contribution in [1.82, 2.24) is 0 Å². The molecule has 0 amide bonds. The lowest BCUT2D eigenvalue weighted by Gasteiger charge is -2.04. The molecule has 1 unspecified atom stereocenters. The lowest BCUT2D eigenvalue weighted by atomic mass is 10.2. The summed E-state index contributed by atoms with van der Waals surface area (Å²) < 4.78 is 4.50. The normalized spacial score (nSPS) is 11.9. The largest absolute Gasteiger partial charge is 0.388 e. The molecule has 0 aliphatic heterocycles. The molecule has 0 fully saturated rings. The minimum atomic E-state index is -0.789. The molecule has 0 aliphatic rings. The van der Waals surface area contributed by atoms with Gasteiger partial charge < -0.3 is 10.5 Å². The maximum atomic E-state index is 11.3. The zero-order valence-corrected chi connectivity index (χ0v) is 7.77. The van der Waals surface area contributed by atoms with Crippen LogP contribution in [0.15, 0.2) is 30.3 Å². The average molecular weight is 193 g/mol. The van der Waals surface area contributed by atoms with E-state index in [0.717, 1.165) is 0 Å². The first kappa shape index (κ1) is 10.4. The first-order valence-electron chi connectivity index (χ1n) is 4.18. The van der Waals surface area contributed by atoms with Crippen molar-refractivity contribution in [1.29, 1.82) is 0 Å². The molecule has 0 heterocycles. The van der Waals surface area contributed by atoms with Crippen molar-refractivity contribution in [3.05, 3.63) is 35.9 Å². The highest BCUT2D eigenvalue weighted by Gasteiger charge is 2.15. The van der Waals surface area contributed by atoms with Crippen molar-refractivity contribution in [2.45, 2.75) is 13.0 Å². The van der Waals surface area contributed by atoms with E-state index in [4.69, 9.17) is 5.73 Å². The van der Waals surface area contributed by atoms with Crippen LogP contribution in [0.3, 0.4) is 0 Å². The van der Waals surface area contributed by atoms with Gasteiger partial charge in [0.1, 0.15) is 6.04 Å². The average Bonchev–Trinajstić information content (AvgIpc) is 2.19. The van der Waals surface area contributed by atoms with Crippen LogP contribution in [0.4, 0.5) is 0 Å². The summed E-state index contributed by atoms with van der Waals surface area (Å²) in [6.45, 7) is 1.46. The number of nitrogens with two attached hydrogens (primary N) is 1. The number of ether oxygens (including phenoxy) is 1. The fraction of sp³-hybridized carbons (Fsp3) is 0.200. The van der Waals surface area contributed by atoms with Crippen LogP contribution in [0.25, 0.3) is 0 Å². The molecule has 0 aromatic heterocycles. The summed E-state index contributed by atoms with van der Waals surface area (Å²) in [6.07, 6.45) is 0. The molecule has 0 bridgehead atoms. The molecule has 0 aliphatic carbocycles. The second kappa shape index (κ2) is 4.53. The third kappa shape index (κ3) is 2.67. The molecule has 0 saturated carbocycles. The second-order valence-electron chi connectivity index (χ2n) is 2.86. The van der Waals surface area contributed by atoms with Gasteiger partial charge in [0.25, 0.3) is 0 Å². The molecule has 0 spiro atoms. The van der Waals surface area contributed by atoms with Gasteiger partial charge in [0, 0.05) is 0 Å². The second-order valence-corrected chi connectivity index (χ2v) is 2.86. The predicted octanol–water partition coefficient (Wildman–Crippen LogP) is 0.717. The van der Waals surface area contributed by atoms with Crippen molar-refractivity contribution in [2.75, 3.05) is 0 Å². The van der Waals surface area contributed by atoms with Crippen molar-refractivity contribution in [2.24, 2.45) is 5.73 Å². The number of hydrogen-bond acceptors (Lipinski definition) is 4. The molecule has 0 saturated heterocycles. The molecule has 14 heavy (non-hydrogen) atoms. The van der Waals surface area contributed by atoms with Gasteiger partial charge in [0.15, 0.2) is 0 Å². The number of carbonyl (C=O) groups excluding carboxylic acids is 2. The molecule has 0 radical (unpaired) electrons. The standard InChI is InChI=1S/C10H11NO3/c1-7(11)9(12)14-10(13)8-5-3-2-4-6-8/h2-7H,11H2,1H3. The van der Waals surface area contributed by atoms with E-state index in [1.807, 2.05) is 0 Å². The Morgan fingerprint density at radius 3 is 2.36 bits per heavy atom. The van der Waals surface area contributed by atoms with Gasteiger partial charge in [0.2, 0.25) is 0 Å². The third-order valence-electron chi connectivity index (χ3n) is 1.57. The van der Waals surface area contributed by atoms with Crippen molar-refractivity contribution < 1.29 is 14.3 Å². The lowest BCUT2D eigenvalue weighted by molar-refractivity contribution is -0.139. The van der Waals surface area contributed by atoms with E-state index in [0.29, 0.717) is 5.56 Å². The highest BCUT2D eigenvalue weighted by atomic mass is 16.6. The van der Waals surface area contributed by atoms with E-state index in [2.05, 4.69) is 4.74 Å². The summed E-state index contributed by atoms with van der Waals surface area (Å²) in [6, 6.07) is 7.49. The zero-order chi connectivity index (χ0) is 10.6. The van der Waals surface area contributed by atoms with E-state index in [9.17, 15) is 9.59 Å². The molecule has 4 nitrogen and oxygen atoms in total. The van der Waals surface area contributed by atoms with Crippen LogP contribution >= 0.6 is 0 Å². The molecular weight excluding hydrogens is 182 g/mol. The highest BCUT2D eigenvalue weighted by Crippen LogP contribution is 2.01.